The van der Waals surface area contributed by atoms with E-state index in [1.165, 1.54) is 29.0 Å². The molecule has 1 atom stereocenters. The van der Waals surface area contributed by atoms with Crippen molar-refractivity contribution < 1.29 is 9.13 Å². The van der Waals surface area contributed by atoms with E-state index in [9.17, 15) is 4.39 Å². The Bertz CT molecular complexity index is 644. The maximum Gasteiger partial charge on any atom is 0.138 e. The molecule has 1 heterocycles. The minimum Gasteiger partial charge on any atom is -0.489 e. The van der Waals surface area contributed by atoms with Crippen LogP contribution in [0.3, 0.4) is 0 Å². The van der Waals surface area contributed by atoms with Crippen molar-refractivity contribution in [3.63, 3.8) is 0 Å². The lowest BCUT2D eigenvalue weighted by atomic mass is 10.1. The van der Waals surface area contributed by atoms with Crippen molar-refractivity contribution in [3.05, 3.63) is 53.3 Å². The highest BCUT2D eigenvalue weighted by molar-refractivity contribution is 7.99. The molecule has 1 unspecified atom stereocenters. The molecule has 3 rings (SSSR count). The van der Waals surface area contributed by atoms with E-state index < -0.39 is 0 Å². The highest BCUT2D eigenvalue weighted by Crippen LogP contribution is 2.33. The van der Waals surface area contributed by atoms with E-state index in [1.54, 1.807) is 12.1 Å². The molecule has 2 nitrogen and oxygen atoms in total. The van der Waals surface area contributed by atoms with Gasteiger partial charge >= 0.3 is 0 Å². The van der Waals surface area contributed by atoms with Gasteiger partial charge in [-0.05, 0) is 36.8 Å². The zero-order chi connectivity index (χ0) is 14.1. The Morgan fingerprint density at radius 3 is 2.95 bits per heavy atom. The molecule has 2 aromatic carbocycles. The van der Waals surface area contributed by atoms with E-state index in [2.05, 4.69) is 13.0 Å². The van der Waals surface area contributed by atoms with Crippen molar-refractivity contribution in [1.82, 2.24) is 0 Å². The van der Waals surface area contributed by atoms with Crippen molar-refractivity contribution in [2.24, 2.45) is 0 Å². The van der Waals surface area contributed by atoms with E-state index in [-0.39, 0.29) is 11.9 Å². The van der Waals surface area contributed by atoms with Crippen LogP contribution >= 0.6 is 11.8 Å². The maximum atomic E-state index is 13.7. The van der Waals surface area contributed by atoms with Gasteiger partial charge in [0.25, 0.3) is 0 Å². The van der Waals surface area contributed by atoms with Crippen LogP contribution in [-0.4, -0.2) is 11.9 Å². The summed E-state index contributed by atoms with van der Waals surface area (Å²) in [5.74, 6) is 1.43. The number of fused-ring (bicyclic) bond motifs is 1. The number of nitrogen functional groups attached to an aromatic ring is 1. The topological polar surface area (TPSA) is 35.2 Å². The molecule has 0 fully saturated rings. The summed E-state index contributed by atoms with van der Waals surface area (Å²) in [6, 6.07) is 11.0. The zero-order valence-electron chi connectivity index (χ0n) is 11.2. The Kier molecular flexibility index (Phi) is 3.57. The fraction of sp³-hybridized carbons (Fsp3) is 0.250. The Hall–Kier alpha value is -1.68. The molecule has 0 radical (unpaired) electrons. The van der Waals surface area contributed by atoms with Gasteiger partial charge in [0.1, 0.15) is 17.7 Å². The first kappa shape index (κ1) is 13.3. The summed E-state index contributed by atoms with van der Waals surface area (Å²) < 4.78 is 19.6. The third-order valence-corrected chi connectivity index (χ3v) is 4.52. The lowest BCUT2D eigenvalue weighted by Gasteiger charge is -2.10. The Balaban J connectivity index is 1.63. The molecular formula is C16H16FNOS. The fourth-order valence-electron chi connectivity index (χ4n) is 2.36. The second-order valence-corrected chi connectivity index (χ2v) is 6.12. The molecule has 0 saturated heterocycles. The van der Waals surface area contributed by atoms with Crippen LogP contribution in [0.25, 0.3) is 0 Å². The predicted octanol–water partition coefficient (Wildman–Crippen LogP) is 3.81. The van der Waals surface area contributed by atoms with E-state index in [0.717, 1.165) is 17.9 Å². The van der Waals surface area contributed by atoms with Gasteiger partial charge < -0.3 is 10.5 Å². The molecule has 0 amide bonds. The Morgan fingerprint density at radius 1 is 1.30 bits per heavy atom. The van der Waals surface area contributed by atoms with Crippen LogP contribution in [0.2, 0.25) is 0 Å². The number of benzene rings is 2. The normalized spacial score (nSPS) is 16.8. The summed E-state index contributed by atoms with van der Waals surface area (Å²) >= 11 is 1.47. The zero-order valence-corrected chi connectivity index (χ0v) is 12.0. The van der Waals surface area contributed by atoms with Gasteiger partial charge in [0.2, 0.25) is 0 Å². The van der Waals surface area contributed by atoms with Crippen LogP contribution in [-0.2, 0) is 6.42 Å². The lowest BCUT2D eigenvalue weighted by Crippen LogP contribution is -2.15. The first-order valence-corrected chi connectivity index (χ1v) is 7.54. The predicted molar refractivity (Wildman–Crippen MR) is 80.8 cm³/mol. The van der Waals surface area contributed by atoms with Crippen molar-refractivity contribution in [2.45, 2.75) is 24.3 Å². The summed E-state index contributed by atoms with van der Waals surface area (Å²) in [4.78, 5) is 0.620. The minimum atomic E-state index is -0.263. The molecular weight excluding hydrogens is 273 g/mol. The van der Waals surface area contributed by atoms with Crippen LogP contribution in [0.5, 0.6) is 5.75 Å². The van der Waals surface area contributed by atoms with Crippen LogP contribution in [0.15, 0.2) is 41.3 Å². The van der Waals surface area contributed by atoms with Gasteiger partial charge in [-0.1, -0.05) is 17.7 Å². The molecule has 0 aromatic heterocycles. The summed E-state index contributed by atoms with van der Waals surface area (Å²) in [7, 11) is 0. The maximum absolute atomic E-state index is 13.7. The van der Waals surface area contributed by atoms with E-state index in [1.807, 2.05) is 12.1 Å². The number of anilines is 1. The average molecular weight is 289 g/mol. The molecule has 2 N–H and O–H groups in total. The van der Waals surface area contributed by atoms with Gasteiger partial charge in [-0.3, -0.25) is 0 Å². The molecule has 0 spiro atoms. The van der Waals surface area contributed by atoms with Crippen LogP contribution < -0.4 is 10.5 Å². The average Bonchev–Trinajstić information content (AvgIpc) is 2.79. The molecule has 20 heavy (non-hydrogen) atoms. The minimum absolute atomic E-state index is 0.105. The monoisotopic (exact) mass is 289 g/mol. The van der Waals surface area contributed by atoms with Gasteiger partial charge in [0.15, 0.2) is 0 Å². The molecule has 104 valence electrons. The molecule has 0 aliphatic carbocycles. The van der Waals surface area contributed by atoms with Gasteiger partial charge in [-0.25, -0.2) is 4.39 Å². The fourth-order valence-corrected chi connectivity index (χ4v) is 3.27. The first-order chi connectivity index (χ1) is 9.61. The lowest BCUT2D eigenvalue weighted by molar-refractivity contribution is 0.259. The SMILES string of the molecule is Cc1ccc2c(c1)CC(CSc1ccc(N)cc1F)O2. The Labute approximate surface area is 122 Å². The highest BCUT2D eigenvalue weighted by atomic mass is 32.2. The van der Waals surface area contributed by atoms with Crippen molar-refractivity contribution in [3.8, 4) is 5.75 Å². The molecule has 1 aliphatic rings. The van der Waals surface area contributed by atoms with Gasteiger partial charge in [0, 0.05) is 22.8 Å². The summed E-state index contributed by atoms with van der Waals surface area (Å²) in [5, 5.41) is 0. The van der Waals surface area contributed by atoms with Crippen LogP contribution in [0.1, 0.15) is 11.1 Å². The number of ether oxygens (including phenoxy) is 1. The third kappa shape index (κ3) is 2.75. The van der Waals surface area contributed by atoms with E-state index in [0.29, 0.717) is 10.6 Å². The number of hydrogen-bond acceptors (Lipinski definition) is 3. The molecule has 1 aliphatic heterocycles. The second kappa shape index (κ2) is 5.37. The first-order valence-electron chi connectivity index (χ1n) is 6.56. The van der Waals surface area contributed by atoms with E-state index >= 15 is 0 Å². The smallest absolute Gasteiger partial charge is 0.138 e. The largest absolute Gasteiger partial charge is 0.489 e. The summed E-state index contributed by atoms with van der Waals surface area (Å²) in [6.07, 6.45) is 0.995. The second-order valence-electron chi connectivity index (χ2n) is 5.06. The summed E-state index contributed by atoms with van der Waals surface area (Å²) in [5.41, 5.74) is 8.48. The standard InChI is InChI=1S/C16H16FNOS/c1-10-2-4-15-11(6-10)7-13(19-15)9-20-16-5-3-12(18)8-14(16)17/h2-6,8,13H,7,9,18H2,1H3. The number of thioether (sulfide) groups is 1. The molecule has 0 saturated carbocycles. The number of hydrogen-bond donors (Lipinski definition) is 1. The van der Waals surface area contributed by atoms with Gasteiger partial charge in [-0.15, -0.1) is 11.8 Å². The van der Waals surface area contributed by atoms with Crippen LogP contribution in [0.4, 0.5) is 10.1 Å². The van der Waals surface area contributed by atoms with Crippen molar-refractivity contribution in [1.29, 1.82) is 0 Å². The number of halogens is 1. The quantitative estimate of drug-likeness (QED) is 0.689. The van der Waals surface area contributed by atoms with E-state index in [4.69, 9.17) is 10.5 Å². The number of aryl methyl sites for hydroxylation is 1. The molecule has 4 heteroatoms. The summed E-state index contributed by atoms with van der Waals surface area (Å²) in [6.45, 7) is 2.08. The molecule has 2 aromatic rings. The molecule has 0 bridgehead atoms. The Morgan fingerprint density at radius 2 is 2.15 bits per heavy atom. The number of nitrogens with two attached hydrogens (primary N) is 1. The van der Waals surface area contributed by atoms with Crippen molar-refractivity contribution >= 4 is 17.4 Å². The van der Waals surface area contributed by atoms with Gasteiger partial charge in [0.05, 0.1) is 0 Å². The third-order valence-electron chi connectivity index (χ3n) is 3.34. The van der Waals surface area contributed by atoms with Crippen molar-refractivity contribution in [2.75, 3.05) is 11.5 Å². The highest BCUT2D eigenvalue weighted by Gasteiger charge is 2.23. The van der Waals surface area contributed by atoms with Gasteiger partial charge in [-0.2, -0.15) is 0 Å². The van der Waals surface area contributed by atoms with Crippen LogP contribution in [0, 0.1) is 12.7 Å². The number of rotatable bonds is 3.